The van der Waals surface area contributed by atoms with E-state index in [1.165, 1.54) is 10.5 Å². The van der Waals surface area contributed by atoms with Crippen molar-refractivity contribution < 1.29 is 4.79 Å². The van der Waals surface area contributed by atoms with E-state index in [1.807, 2.05) is 14.0 Å². The number of benzene rings is 1. The van der Waals surface area contributed by atoms with Crippen molar-refractivity contribution in [2.45, 2.75) is 18.4 Å². The van der Waals surface area contributed by atoms with E-state index < -0.39 is 0 Å². The van der Waals surface area contributed by atoms with Gasteiger partial charge in [-0.1, -0.05) is 12.1 Å². The number of aliphatic imine (C=N–C) groups is 1. The minimum absolute atomic E-state index is 0. The number of carbonyl (C=O) groups is 1. The van der Waals surface area contributed by atoms with Crippen LogP contribution in [0.15, 0.2) is 58.7 Å². The van der Waals surface area contributed by atoms with Crippen LogP contribution in [0, 0.1) is 0 Å². The molecule has 0 saturated heterocycles. The third kappa shape index (κ3) is 8.05. The Labute approximate surface area is 188 Å². The van der Waals surface area contributed by atoms with Gasteiger partial charge in [-0.05, 0) is 43.0 Å². The van der Waals surface area contributed by atoms with Gasteiger partial charge in [-0.15, -0.1) is 35.7 Å². The van der Waals surface area contributed by atoms with Crippen LogP contribution in [-0.2, 0) is 6.54 Å². The molecule has 2 rings (SSSR count). The molecular formula is C20H28IN5OS. The molecule has 0 atom stereocenters. The molecule has 0 bridgehead atoms. The van der Waals surface area contributed by atoms with Crippen molar-refractivity contribution in [3.05, 3.63) is 59.9 Å². The Bertz CT molecular complexity index is 740. The molecule has 1 aromatic heterocycles. The quantitative estimate of drug-likeness (QED) is 0.187. The predicted molar refractivity (Wildman–Crippen MR) is 128 cm³/mol. The van der Waals surface area contributed by atoms with E-state index in [0.717, 1.165) is 19.0 Å². The molecule has 0 saturated carbocycles. The standard InChI is InChI=1S/C20H27N5OS.HI/c1-4-22-20(25(2)15-16-7-9-18(27-3)10-8-16)24-13-12-23-19(26)17-6-5-11-21-14-17;/h5-11,14H,4,12-13,15H2,1-3H3,(H,22,24)(H,23,26);1H. The zero-order chi connectivity index (χ0) is 19.5. The van der Waals surface area contributed by atoms with Crippen molar-refractivity contribution in [1.29, 1.82) is 0 Å². The lowest BCUT2D eigenvalue weighted by molar-refractivity contribution is 0.0954. The summed E-state index contributed by atoms with van der Waals surface area (Å²) in [5.74, 6) is 0.688. The fourth-order valence-corrected chi connectivity index (χ4v) is 2.89. The van der Waals surface area contributed by atoms with Gasteiger partial charge in [-0.3, -0.25) is 14.8 Å². The van der Waals surface area contributed by atoms with E-state index in [9.17, 15) is 4.79 Å². The molecule has 0 spiro atoms. The first-order valence-corrected chi connectivity index (χ1v) is 10.2. The van der Waals surface area contributed by atoms with E-state index in [2.05, 4.69) is 56.0 Å². The first-order chi connectivity index (χ1) is 13.1. The van der Waals surface area contributed by atoms with Crippen LogP contribution in [0.5, 0.6) is 0 Å². The number of hydrogen-bond donors (Lipinski definition) is 2. The molecule has 1 aromatic carbocycles. The van der Waals surface area contributed by atoms with Crippen LogP contribution >= 0.6 is 35.7 Å². The average molecular weight is 513 g/mol. The molecule has 0 aliphatic heterocycles. The maximum Gasteiger partial charge on any atom is 0.252 e. The number of carbonyl (C=O) groups excluding carboxylic acids is 1. The highest BCUT2D eigenvalue weighted by atomic mass is 127. The maximum atomic E-state index is 12.0. The first kappa shape index (κ1) is 24.2. The van der Waals surface area contributed by atoms with Gasteiger partial charge in [-0.25, -0.2) is 0 Å². The Kier molecular flexibility index (Phi) is 11.6. The van der Waals surface area contributed by atoms with Crippen molar-refractivity contribution in [3.63, 3.8) is 0 Å². The highest BCUT2D eigenvalue weighted by Gasteiger charge is 2.07. The lowest BCUT2D eigenvalue weighted by Gasteiger charge is -2.22. The average Bonchev–Trinajstić information content (AvgIpc) is 2.71. The van der Waals surface area contributed by atoms with Gasteiger partial charge in [0.1, 0.15) is 0 Å². The second-order valence-electron chi connectivity index (χ2n) is 5.94. The summed E-state index contributed by atoms with van der Waals surface area (Å²) in [6.07, 6.45) is 5.27. The predicted octanol–water partition coefficient (Wildman–Crippen LogP) is 3.25. The normalized spacial score (nSPS) is 10.8. The van der Waals surface area contributed by atoms with Gasteiger partial charge in [0.25, 0.3) is 5.91 Å². The first-order valence-electron chi connectivity index (χ1n) is 8.94. The van der Waals surface area contributed by atoms with Crippen molar-refractivity contribution in [1.82, 2.24) is 20.5 Å². The molecule has 0 aliphatic rings. The minimum Gasteiger partial charge on any atom is -0.357 e. The van der Waals surface area contributed by atoms with Crippen LogP contribution in [0.4, 0.5) is 0 Å². The lowest BCUT2D eigenvalue weighted by atomic mass is 10.2. The Morgan fingerprint density at radius 1 is 1.21 bits per heavy atom. The Hall–Kier alpha value is -1.81. The molecule has 28 heavy (non-hydrogen) atoms. The molecule has 2 aromatic rings. The molecule has 2 N–H and O–H groups in total. The molecule has 8 heteroatoms. The fraction of sp³-hybridized carbons (Fsp3) is 0.350. The van der Waals surface area contributed by atoms with Crippen LogP contribution < -0.4 is 10.6 Å². The van der Waals surface area contributed by atoms with Gasteiger partial charge >= 0.3 is 0 Å². The topological polar surface area (TPSA) is 69.6 Å². The number of hydrogen-bond acceptors (Lipinski definition) is 4. The Balaban J connectivity index is 0.00000392. The van der Waals surface area contributed by atoms with Gasteiger partial charge in [0.15, 0.2) is 5.96 Å². The number of rotatable bonds is 8. The highest BCUT2D eigenvalue weighted by molar-refractivity contribution is 14.0. The maximum absolute atomic E-state index is 12.0. The Morgan fingerprint density at radius 2 is 1.96 bits per heavy atom. The van der Waals surface area contributed by atoms with Gasteiger partial charge < -0.3 is 15.5 Å². The molecule has 0 unspecified atom stereocenters. The summed E-state index contributed by atoms with van der Waals surface area (Å²) in [6, 6.07) is 12.0. The third-order valence-electron chi connectivity index (χ3n) is 3.86. The van der Waals surface area contributed by atoms with Crippen LogP contribution in [0.25, 0.3) is 0 Å². The van der Waals surface area contributed by atoms with Gasteiger partial charge in [0.2, 0.25) is 0 Å². The molecule has 0 fully saturated rings. The summed E-state index contributed by atoms with van der Waals surface area (Å²) in [6.45, 7) is 4.57. The summed E-state index contributed by atoms with van der Waals surface area (Å²) < 4.78 is 0. The number of aromatic nitrogens is 1. The second kappa shape index (κ2) is 13.4. The second-order valence-corrected chi connectivity index (χ2v) is 6.82. The summed E-state index contributed by atoms with van der Waals surface area (Å²) in [4.78, 5) is 23.9. The molecule has 1 amide bonds. The van der Waals surface area contributed by atoms with Crippen LogP contribution in [0.2, 0.25) is 0 Å². The van der Waals surface area contributed by atoms with Crippen molar-refractivity contribution in [3.8, 4) is 0 Å². The number of nitrogens with zero attached hydrogens (tertiary/aromatic N) is 3. The van der Waals surface area contributed by atoms with Gasteiger partial charge in [0.05, 0.1) is 12.1 Å². The van der Waals surface area contributed by atoms with Crippen molar-refractivity contribution >= 4 is 47.6 Å². The molecule has 0 radical (unpaired) electrons. The largest absolute Gasteiger partial charge is 0.357 e. The number of thioether (sulfide) groups is 1. The third-order valence-corrected chi connectivity index (χ3v) is 4.60. The minimum atomic E-state index is -0.134. The molecule has 6 nitrogen and oxygen atoms in total. The van der Waals surface area contributed by atoms with E-state index in [4.69, 9.17) is 0 Å². The molecule has 152 valence electrons. The van der Waals surface area contributed by atoms with Crippen molar-refractivity contribution in [2.24, 2.45) is 4.99 Å². The van der Waals surface area contributed by atoms with Crippen LogP contribution in [0.3, 0.4) is 0 Å². The fourth-order valence-electron chi connectivity index (χ4n) is 2.48. The van der Waals surface area contributed by atoms with Gasteiger partial charge in [-0.2, -0.15) is 0 Å². The van der Waals surface area contributed by atoms with E-state index >= 15 is 0 Å². The smallest absolute Gasteiger partial charge is 0.252 e. The number of nitrogens with one attached hydrogen (secondary N) is 2. The van der Waals surface area contributed by atoms with Crippen LogP contribution in [-0.4, -0.2) is 54.7 Å². The van der Waals surface area contributed by atoms with Crippen molar-refractivity contribution in [2.75, 3.05) is 32.9 Å². The number of pyridine rings is 1. The van der Waals surface area contributed by atoms with Gasteiger partial charge in [0, 0.05) is 44.0 Å². The summed E-state index contributed by atoms with van der Waals surface area (Å²) in [7, 11) is 2.01. The number of amides is 1. The Morgan fingerprint density at radius 3 is 2.57 bits per heavy atom. The lowest BCUT2D eigenvalue weighted by Crippen LogP contribution is -2.39. The summed E-state index contributed by atoms with van der Waals surface area (Å²) in [5, 5.41) is 6.16. The van der Waals surface area contributed by atoms with E-state index in [0.29, 0.717) is 18.7 Å². The summed E-state index contributed by atoms with van der Waals surface area (Å²) >= 11 is 1.74. The number of guanidine groups is 1. The van der Waals surface area contributed by atoms with E-state index in [1.54, 1.807) is 36.3 Å². The SMILES string of the molecule is CCNC(=NCCNC(=O)c1cccnc1)N(C)Cc1ccc(SC)cc1.I. The molecular weight excluding hydrogens is 485 g/mol. The zero-order valence-corrected chi connectivity index (χ0v) is 19.7. The highest BCUT2D eigenvalue weighted by Crippen LogP contribution is 2.15. The molecule has 0 aliphatic carbocycles. The number of halogens is 1. The summed E-state index contributed by atoms with van der Waals surface area (Å²) in [5.41, 5.74) is 1.78. The van der Waals surface area contributed by atoms with E-state index in [-0.39, 0.29) is 29.9 Å². The van der Waals surface area contributed by atoms with Crippen LogP contribution in [0.1, 0.15) is 22.8 Å². The molecule has 1 heterocycles. The monoisotopic (exact) mass is 513 g/mol. The zero-order valence-electron chi connectivity index (χ0n) is 16.5.